The minimum absolute atomic E-state index is 0.0375. The van der Waals surface area contributed by atoms with Crippen molar-refractivity contribution in [1.82, 2.24) is 19.6 Å². The Hall–Kier alpha value is -3.19. The van der Waals surface area contributed by atoms with Crippen LogP contribution in [0.4, 0.5) is 0 Å². The SMILES string of the molecule is CC(=O)N1CCOCC1.CCNC(=O)c1ccc(-c2nc3cc(C)ccn3c2C)c(C)c1. The number of imidazole rings is 1. The van der Waals surface area contributed by atoms with Crippen LogP contribution in [-0.4, -0.2) is 58.9 Å². The topological polar surface area (TPSA) is 75.9 Å². The molecule has 7 nitrogen and oxygen atoms in total. The van der Waals surface area contributed by atoms with Crippen molar-refractivity contribution >= 4 is 17.5 Å². The van der Waals surface area contributed by atoms with Crippen LogP contribution in [-0.2, 0) is 9.53 Å². The Labute approximate surface area is 189 Å². The molecule has 4 rings (SSSR count). The van der Waals surface area contributed by atoms with Crippen LogP contribution in [0.25, 0.3) is 16.9 Å². The third-order valence-corrected chi connectivity index (χ3v) is 5.56. The van der Waals surface area contributed by atoms with Crippen LogP contribution in [0.2, 0.25) is 0 Å². The van der Waals surface area contributed by atoms with Crippen molar-refractivity contribution in [3.05, 3.63) is 58.9 Å². The highest BCUT2D eigenvalue weighted by atomic mass is 16.5. The average Bonchev–Trinajstić information content (AvgIpc) is 3.10. The summed E-state index contributed by atoms with van der Waals surface area (Å²) in [5.41, 5.74) is 7.02. The van der Waals surface area contributed by atoms with Crippen LogP contribution in [0.5, 0.6) is 0 Å². The zero-order valence-electron chi connectivity index (χ0n) is 19.6. The Morgan fingerprint density at radius 1 is 1.09 bits per heavy atom. The zero-order valence-corrected chi connectivity index (χ0v) is 19.6. The molecule has 32 heavy (non-hydrogen) atoms. The highest BCUT2D eigenvalue weighted by Crippen LogP contribution is 2.27. The maximum atomic E-state index is 12.0. The summed E-state index contributed by atoms with van der Waals surface area (Å²) in [4.78, 5) is 29.2. The summed E-state index contributed by atoms with van der Waals surface area (Å²) in [5.74, 6) is 0.114. The number of amides is 2. The van der Waals surface area contributed by atoms with Gasteiger partial charge in [-0.05, 0) is 63.1 Å². The summed E-state index contributed by atoms with van der Waals surface area (Å²) in [6.45, 7) is 13.2. The van der Waals surface area contributed by atoms with Gasteiger partial charge in [-0.25, -0.2) is 4.98 Å². The van der Waals surface area contributed by atoms with Crippen LogP contribution in [0.15, 0.2) is 36.5 Å². The smallest absolute Gasteiger partial charge is 0.251 e. The highest BCUT2D eigenvalue weighted by molar-refractivity contribution is 5.95. The second kappa shape index (κ2) is 10.4. The van der Waals surface area contributed by atoms with Crippen molar-refractivity contribution in [1.29, 1.82) is 0 Å². The summed E-state index contributed by atoms with van der Waals surface area (Å²) in [7, 11) is 0. The maximum absolute atomic E-state index is 12.0. The molecule has 1 aliphatic rings. The monoisotopic (exact) mass is 436 g/mol. The number of rotatable bonds is 3. The number of nitrogens with one attached hydrogen (secondary N) is 1. The van der Waals surface area contributed by atoms with Gasteiger partial charge in [0.2, 0.25) is 5.91 Å². The Morgan fingerprint density at radius 2 is 1.81 bits per heavy atom. The predicted octanol–water partition coefficient (Wildman–Crippen LogP) is 3.54. The minimum Gasteiger partial charge on any atom is -0.378 e. The lowest BCUT2D eigenvalue weighted by molar-refractivity contribution is -0.132. The van der Waals surface area contributed by atoms with Crippen LogP contribution >= 0.6 is 0 Å². The molecule has 0 spiro atoms. The summed E-state index contributed by atoms with van der Waals surface area (Å²) in [5, 5.41) is 2.83. The van der Waals surface area contributed by atoms with Crippen molar-refractivity contribution in [3.8, 4) is 11.3 Å². The van der Waals surface area contributed by atoms with E-state index in [0.717, 1.165) is 41.3 Å². The van der Waals surface area contributed by atoms with Crippen molar-refractivity contribution < 1.29 is 14.3 Å². The molecular weight excluding hydrogens is 404 g/mol. The van der Waals surface area contributed by atoms with Crippen LogP contribution < -0.4 is 5.32 Å². The van der Waals surface area contributed by atoms with E-state index in [-0.39, 0.29) is 11.8 Å². The van der Waals surface area contributed by atoms with Gasteiger partial charge in [0.05, 0.1) is 18.9 Å². The largest absolute Gasteiger partial charge is 0.378 e. The molecule has 1 saturated heterocycles. The maximum Gasteiger partial charge on any atom is 0.251 e. The second-order valence-electron chi connectivity index (χ2n) is 7.99. The van der Waals surface area contributed by atoms with Gasteiger partial charge >= 0.3 is 0 Å². The molecule has 0 saturated carbocycles. The molecule has 1 aromatic carbocycles. The first kappa shape index (κ1) is 23.5. The lowest BCUT2D eigenvalue weighted by atomic mass is 10.0. The van der Waals surface area contributed by atoms with E-state index in [0.29, 0.717) is 25.3 Å². The molecular formula is C25H32N4O3. The van der Waals surface area contributed by atoms with E-state index in [1.807, 2.05) is 32.0 Å². The van der Waals surface area contributed by atoms with E-state index in [2.05, 4.69) is 41.9 Å². The molecule has 170 valence electrons. The highest BCUT2D eigenvalue weighted by Gasteiger charge is 2.14. The van der Waals surface area contributed by atoms with Gasteiger partial charge in [0.1, 0.15) is 5.65 Å². The fourth-order valence-electron chi connectivity index (χ4n) is 3.74. The van der Waals surface area contributed by atoms with Crippen LogP contribution in [0.3, 0.4) is 0 Å². The quantitative estimate of drug-likeness (QED) is 0.681. The van der Waals surface area contributed by atoms with Gasteiger partial charge in [-0.1, -0.05) is 6.07 Å². The number of aromatic nitrogens is 2. The van der Waals surface area contributed by atoms with Crippen LogP contribution in [0, 0.1) is 20.8 Å². The number of carbonyl (C=O) groups is 2. The summed E-state index contributed by atoms with van der Waals surface area (Å²) >= 11 is 0. The van der Waals surface area contributed by atoms with E-state index < -0.39 is 0 Å². The average molecular weight is 437 g/mol. The van der Waals surface area contributed by atoms with Gasteiger partial charge in [-0.2, -0.15) is 0 Å². The first-order valence-electron chi connectivity index (χ1n) is 11.0. The molecule has 7 heteroatoms. The Balaban J connectivity index is 0.000000269. The number of pyridine rings is 1. The lowest BCUT2D eigenvalue weighted by Gasteiger charge is -2.25. The normalized spacial score (nSPS) is 13.5. The number of hydrogen-bond donors (Lipinski definition) is 1. The van der Waals surface area contributed by atoms with Crippen molar-refractivity contribution in [3.63, 3.8) is 0 Å². The van der Waals surface area contributed by atoms with E-state index in [4.69, 9.17) is 9.72 Å². The van der Waals surface area contributed by atoms with Gasteiger partial charge in [0, 0.05) is 49.6 Å². The van der Waals surface area contributed by atoms with E-state index in [1.165, 1.54) is 5.56 Å². The molecule has 0 radical (unpaired) electrons. The molecule has 0 aliphatic carbocycles. The molecule has 0 atom stereocenters. The molecule has 3 aromatic rings. The standard InChI is InChI=1S/C19H21N3O.C6H11NO2/c1-5-20-19(23)15-6-7-16(13(3)11-15)18-14(4)22-9-8-12(2)10-17(22)21-18;1-6(8)7-2-4-9-5-3-7/h6-11H,5H2,1-4H3,(H,20,23);2-5H2,1H3. The van der Waals surface area contributed by atoms with Gasteiger partial charge in [0.15, 0.2) is 0 Å². The number of nitrogens with zero attached hydrogens (tertiary/aromatic N) is 3. The number of ether oxygens (including phenoxy) is 1. The molecule has 1 N–H and O–H groups in total. The number of hydrogen-bond acceptors (Lipinski definition) is 4. The minimum atomic E-state index is -0.0375. The molecule has 2 amide bonds. The van der Waals surface area contributed by atoms with Crippen molar-refractivity contribution in [2.45, 2.75) is 34.6 Å². The fraction of sp³-hybridized carbons (Fsp3) is 0.400. The van der Waals surface area contributed by atoms with Gasteiger partial charge < -0.3 is 19.4 Å². The Bertz CT molecular complexity index is 1110. The molecule has 3 heterocycles. The molecule has 1 aliphatic heterocycles. The van der Waals surface area contributed by atoms with E-state index >= 15 is 0 Å². The van der Waals surface area contributed by atoms with E-state index in [9.17, 15) is 9.59 Å². The van der Waals surface area contributed by atoms with Gasteiger partial charge in [-0.15, -0.1) is 0 Å². The fourth-order valence-corrected chi connectivity index (χ4v) is 3.74. The summed E-state index contributed by atoms with van der Waals surface area (Å²) < 4.78 is 7.15. The number of fused-ring (bicyclic) bond motifs is 1. The van der Waals surface area contributed by atoms with E-state index in [1.54, 1.807) is 11.8 Å². The first-order chi connectivity index (χ1) is 15.3. The van der Waals surface area contributed by atoms with Gasteiger partial charge in [0.25, 0.3) is 5.91 Å². The first-order valence-corrected chi connectivity index (χ1v) is 11.0. The lowest BCUT2D eigenvalue weighted by Crippen LogP contribution is -2.39. The molecule has 0 unspecified atom stereocenters. The molecule has 2 aromatic heterocycles. The number of benzene rings is 1. The number of morpholine rings is 1. The third kappa shape index (κ3) is 5.34. The number of carbonyl (C=O) groups excluding carboxylic acids is 2. The second-order valence-corrected chi connectivity index (χ2v) is 7.99. The van der Waals surface area contributed by atoms with Crippen molar-refractivity contribution in [2.24, 2.45) is 0 Å². The third-order valence-electron chi connectivity index (χ3n) is 5.56. The van der Waals surface area contributed by atoms with Crippen LogP contribution in [0.1, 0.15) is 41.0 Å². The summed E-state index contributed by atoms with van der Waals surface area (Å²) in [6, 6.07) is 9.93. The Kier molecular flexibility index (Phi) is 7.64. The Morgan fingerprint density at radius 3 is 2.41 bits per heavy atom. The molecule has 0 bridgehead atoms. The summed E-state index contributed by atoms with van der Waals surface area (Å²) in [6.07, 6.45) is 2.05. The van der Waals surface area contributed by atoms with Crippen molar-refractivity contribution in [2.75, 3.05) is 32.8 Å². The zero-order chi connectivity index (χ0) is 23.3. The number of aryl methyl sites for hydroxylation is 3. The molecule has 1 fully saturated rings. The van der Waals surface area contributed by atoms with Gasteiger partial charge in [-0.3, -0.25) is 9.59 Å². The predicted molar refractivity (Wildman–Crippen MR) is 126 cm³/mol.